The monoisotopic (exact) mass is 305 g/mol. The van der Waals surface area contributed by atoms with E-state index in [4.69, 9.17) is 0 Å². The topological polar surface area (TPSA) is 60.2 Å². The number of rotatable bonds is 3. The highest BCUT2D eigenvalue weighted by molar-refractivity contribution is 14.1. The lowest BCUT2D eigenvalue weighted by Crippen LogP contribution is -2.02. The number of halogens is 1. The Morgan fingerprint density at radius 2 is 2.21 bits per heavy atom. The molecule has 0 fully saturated rings. The third kappa shape index (κ3) is 2.09. The van der Waals surface area contributed by atoms with Crippen molar-refractivity contribution >= 4 is 34.6 Å². The Balaban J connectivity index is 3.35. The van der Waals surface area contributed by atoms with Gasteiger partial charge in [0.2, 0.25) is 0 Å². The van der Waals surface area contributed by atoms with Crippen LogP contribution in [0.3, 0.4) is 0 Å². The van der Waals surface area contributed by atoms with Gasteiger partial charge in [0.15, 0.2) is 0 Å². The van der Waals surface area contributed by atoms with Gasteiger partial charge in [-0.05, 0) is 28.7 Å². The van der Waals surface area contributed by atoms with Gasteiger partial charge in [-0.15, -0.1) is 0 Å². The Morgan fingerprint density at radius 3 is 2.71 bits per heavy atom. The highest BCUT2D eigenvalue weighted by atomic mass is 127. The van der Waals surface area contributed by atoms with E-state index < -0.39 is 10.8 Å². The molecule has 1 aromatic carbocycles. The molecule has 0 bridgehead atoms. The minimum Gasteiger partial charge on any atom is -0.303 e. The Morgan fingerprint density at radius 1 is 1.57 bits per heavy atom. The zero-order valence-electron chi connectivity index (χ0n) is 7.44. The van der Waals surface area contributed by atoms with Crippen molar-refractivity contribution < 1.29 is 9.72 Å². The molecule has 0 N–H and O–H groups in total. The normalized spacial score (nSPS) is 12.1. The van der Waals surface area contributed by atoms with Gasteiger partial charge >= 0.3 is 0 Å². The molecule has 0 amide bonds. The molecule has 0 spiro atoms. The lowest BCUT2D eigenvalue weighted by Gasteiger charge is -2.05. The minimum atomic E-state index is -0.447. The maximum Gasteiger partial charge on any atom is 0.286 e. The predicted molar refractivity (Wildman–Crippen MR) is 60.3 cm³/mol. The van der Waals surface area contributed by atoms with Crippen molar-refractivity contribution in [3.8, 4) is 0 Å². The number of nitro groups is 1. The van der Waals surface area contributed by atoms with Crippen molar-refractivity contribution in [1.29, 1.82) is 0 Å². The fraction of sp³-hybridized carbons (Fsp3) is 0.222. The van der Waals surface area contributed by atoms with Gasteiger partial charge in [0.25, 0.3) is 5.69 Å². The molecule has 0 aromatic heterocycles. The van der Waals surface area contributed by atoms with Crippen LogP contribution in [-0.2, 0) is 4.79 Å². The van der Waals surface area contributed by atoms with Crippen LogP contribution in [0, 0.1) is 13.7 Å². The molecule has 1 unspecified atom stereocenters. The second-order valence-corrected chi connectivity index (χ2v) is 4.02. The number of aldehydes is 1. The number of hydrogen-bond acceptors (Lipinski definition) is 3. The third-order valence-corrected chi connectivity index (χ3v) is 2.77. The Labute approximate surface area is 94.6 Å². The fourth-order valence-corrected chi connectivity index (χ4v) is 1.88. The van der Waals surface area contributed by atoms with Crippen molar-refractivity contribution in [2.24, 2.45) is 0 Å². The van der Waals surface area contributed by atoms with Crippen molar-refractivity contribution in [3.63, 3.8) is 0 Å². The number of nitro benzene ring substituents is 1. The molecule has 14 heavy (non-hydrogen) atoms. The van der Waals surface area contributed by atoms with E-state index >= 15 is 0 Å². The van der Waals surface area contributed by atoms with Gasteiger partial charge in [-0.25, -0.2) is 0 Å². The van der Waals surface area contributed by atoms with Gasteiger partial charge in [-0.3, -0.25) is 10.1 Å². The summed E-state index contributed by atoms with van der Waals surface area (Å²) in [5.74, 6) is -0.440. The van der Waals surface area contributed by atoms with Gasteiger partial charge < -0.3 is 4.79 Å². The van der Waals surface area contributed by atoms with Crippen LogP contribution in [0.4, 0.5) is 5.69 Å². The Kier molecular flexibility index (Phi) is 3.56. The summed E-state index contributed by atoms with van der Waals surface area (Å²) in [5, 5.41) is 10.7. The first kappa shape index (κ1) is 11.1. The van der Waals surface area contributed by atoms with Crippen molar-refractivity contribution in [2.75, 3.05) is 0 Å². The van der Waals surface area contributed by atoms with Gasteiger partial charge in [-0.2, -0.15) is 0 Å². The van der Waals surface area contributed by atoms with Crippen LogP contribution in [0.15, 0.2) is 18.2 Å². The van der Waals surface area contributed by atoms with Crippen LogP contribution < -0.4 is 0 Å². The molecule has 0 aliphatic heterocycles. The molecular formula is C9H8INO3. The lowest BCUT2D eigenvalue weighted by molar-refractivity contribution is -0.386. The molecule has 5 heteroatoms. The molecule has 1 rings (SSSR count). The van der Waals surface area contributed by atoms with Gasteiger partial charge in [0, 0.05) is 11.5 Å². The summed E-state index contributed by atoms with van der Waals surface area (Å²) in [6.07, 6.45) is 0.707. The summed E-state index contributed by atoms with van der Waals surface area (Å²) in [7, 11) is 0. The van der Waals surface area contributed by atoms with Gasteiger partial charge in [-0.1, -0.05) is 19.1 Å². The maximum atomic E-state index is 10.7. The molecule has 0 saturated carbocycles. The lowest BCUT2D eigenvalue weighted by atomic mass is 10.0. The smallest absolute Gasteiger partial charge is 0.286 e. The molecule has 0 aliphatic carbocycles. The van der Waals surface area contributed by atoms with E-state index in [1.807, 2.05) is 22.6 Å². The van der Waals surface area contributed by atoms with E-state index in [0.717, 1.165) is 0 Å². The number of nitrogens with zero attached hydrogens (tertiary/aromatic N) is 1. The fourth-order valence-electron chi connectivity index (χ4n) is 1.17. The summed E-state index contributed by atoms with van der Waals surface area (Å²) in [4.78, 5) is 20.9. The van der Waals surface area contributed by atoms with Crippen molar-refractivity contribution in [1.82, 2.24) is 0 Å². The SMILES string of the molecule is CC(C=O)c1cccc(I)c1[N+](=O)[O-]. The second-order valence-electron chi connectivity index (χ2n) is 2.86. The number of hydrogen-bond donors (Lipinski definition) is 0. The van der Waals surface area contributed by atoms with Crippen LogP contribution in [0.25, 0.3) is 0 Å². The average molecular weight is 305 g/mol. The molecule has 0 radical (unpaired) electrons. The van der Waals surface area contributed by atoms with E-state index in [-0.39, 0.29) is 5.69 Å². The maximum absolute atomic E-state index is 10.7. The van der Waals surface area contributed by atoms with Crippen molar-refractivity contribution in [2.45, 2.75) is 12.8 Å². The van der Waals surface area contributed by atoms with Crippen LogP contribution in [0.2, 0.25) is 0 Å². The largest absolute Gasteiger partial charge is 0.303 e. The predicted octanol–water partition coefficient (Wildman–Crippen LogP) is 2.50. The van der Waals surface area contributed by atoms with Gasteiger partial charge in [0.1, 0.15) is 6.29 Å². The Bertz CT molecular complexity index is 378. The summed E-state index contributed by atoms with van der Waals surface area (Å²) in [6.45, 7) is 1.64. The number of carbonyl (C=O) groups excluding carboxylic acids is 1. The first-order chi connectivity index (χ1) is 6.57. The van der Waals surface area contributed by atoms with Crippen LogP contribution in [-0.4, -0.2) is 11.2 Å². The minimum absolute atomic E-state index is 0.0349. The first-order valence-electron chi connectivity index (χ1n) is 3.96. The van der Waals surface area contributed by atoms with Crippen LogP contribution in [0.1, 0.15) is 18.4 Å². The number of benzene rings is 1. The van der Waals surface area contributed by atoms with Gasteiger partial charge in [0.05, 0.1) is 8.49 Å². The highest BCUT2D eigenvalue weighted by Crippen LogP contribution is 2.29. The van der Waals surface area contributed by atoms with Crippen LogP contribution in [0.5, 0.6) is 0 Å². The molecule has 1 aromatic rings. The molecule has 1 atom stereocenters. The number of carbonyl (C=O) groups is 1. The van der Waals surface area contributed by atoms with Crippen LogP contribution >= 0.6 is 22.6 Å². The van der Waals surface area contributed by atoms with Crippen molar-refractivity contribution in [3.05, 3.63) is 37.4 Å². The second kappa shape index (κ2) is 4.50. The molecule has 0 aliphatic rings. The molecule has 4 nitrogen and oxygen atoms in total. The summed E-state index contributed by atoms with van der Waals surface area (Å²) in [6, 6.07) is 4.98. The van der Waals surface area contributed by atoms with E-state index in [0.29, 0.717) is 15.4 Å². The third-order valence-electron chi connectivity index (χ3n) is 1.90. The standard InChI is InChI=1S/C9H8INO3/c1-6(5-12)7-3-2-4-8(10)9(7)11(13)14/h2-6H,1H3. The summed E-state index contributed by atoms with van der Waals surface area (Å²) >= 11 is 1.89. The molecule has 0 saturated heterocycles. The van der Waals surface area contributed by atoms with E-state index in [2.05, 4.69) is 0 Å². The molecule has 74 valence electrons. The Hall–Kier alpha value is -0.980. The quantitative estimate of drug-likeness (QED) is 0.373. The van der Waals surface area contributed by atoms with E-state index in [9.17, 15) is 14.9 Å². The summed E-state index contributed by atoms with van der Waals surface area (Å²) < 4.78 is 0.554. The summed E-state index contributed by atoms with van der Waals surface area (Å²) in [5.41, 5.74) is 0.504. The molecule has 0 heterocycles. The zero-order valence-corrected chi connectivity index (χ0v) is 9.59. The first-order valence-corrected chi connectivity index (χ1v) is 5.04. The average Bonchev–Trinajstić information content (AvgIpc) is 2.15. The zero-order chi connectivity index (χ0) is 10.7. The molecular weight excluding hydrogens is 297 g/mol. The highest BCUT2D eigenvalue weighted by Gasteiger charge is 2.21. The van der Waals surface area contributed by atoms with E-state index in [1.54, 1.807) is 25.1 Å². The van der Waals surface area contributed by atoms with E-state index in [1.165, 1.54) is 0 Å². The number of para-hydroxylation sites is 1.